The molecule has 138 valence electrons. The number of nitrogens with one attached hydrogen (secondary N) is 1. The highest BCUT2D eigenvalue weighted by Crippen LogP contribution is 2.53. The maximum absolute atomic E-state index is 12.8. The van der Waals surface area contributed by atoms with Crippen LogP contribution in [0.1, 0.15) is 6.42 Å². The Bertz CT molecular complexity index is 1030. The molecule has 1 aromatic heterocycles. The van der Waals surface area contributed by atoms with Crippen LogP contribution >= 0.6 is 11.3 Å². The smallest absolute Gasteiger partial charge is 0.263 e. The molecule has 0 radical (unpaired) electrons. The number of anilines is 2. The van der Waals surface area contributed by atoms with E-state index >= 15 is 0 Å². The standard InChI is InChI=1S/C18H15N3O4S2/c22-16-14-10-1-2-11(9-10)15(14)17(23)21(16)12-3-5-13(6-4-12)27(24,25)20-18-19-7-8-26-18/h1-8,10-11,14-15H,9H2,(H,19,20)/t10-,11-,14-,15+/m1/s1. The molecule has 4 atom stereocenters. The van der Waals surface area contributed by atoms with Crippen molar-refractivity contribution in [3.8, 4) is 0 Å². The third-order valence-electron chi connectivity index (χ3n) is 5.53. The van der Waals surface area contributed by atoms with Gasteiger partial charge in [0.15, 0.2) is 5.13 Å². The molecule has 9 heteroatoms. The number of hydrogen-bond donors (Lipinski definition) is 1. The van der Waals surface area contributed by atoms with E-state index in [0.29, 0.717) is 5.69 Å². The average molecular weight is 401 g/mol. The summed E-state index contributed by atoms with van der Waals surface area (Å²) >= 11 is 1.18. The number of fused-ring (bicyclic) bond motifs is 5. The molecular formula is C18H15N3O4S2. The number of nitrogens with zero attached hydrogens (tertiary/aromatic N) is 2. The predicted octanol–water partition coefficient (Wildman–Crippen LogP) is 2.26. The van der Waals surface area contributed by atoms with E-state index in [1.165, 1.54) is 46.7 Å². The third kappa shape index (κ3) is 2.45. The van der Waals surface area contributed by atoms with E-state index in [2.05, 4.69) is 9.71 Å². The van der Waals surface area contributed by atoms with Gasteiger partial charge < -0.3 is 0 Å². The molecule has 3 aliphatic rings. The summed E-state index contributed by atoms with van der Waals surface area (Å²) in [5.41, 5.74) is 0.409. The first-order valence-electron chi connectivity index (χ1n) is 8.54. The SMILES string of the molecule is O=C1[C@@H]2[C@H](C(=O)N1c1ccc(S(=O)(=O)Nc3nccs3)cc1)[C@@H]1C=C[C@@H]2C1. The van der Waals surface area contributed by atoms with Crippen molar-refractivity contribution in [1.29, 1.82) is 0 Å². The molecular weight excluding hydrogens is 386 g/mol. The number of carbonyl (C=O) groups excluding carboxylic acids is 2. The Morgan fingerprint density at radius 1 is 1.04 bits per heavy atom. The second kappa shape index (κ2) is 5.74. The van der Waals surface area contributed by atoms with E-state index in [1.807, 2.05) is 12.2 Å². The van der Waals surface area contributed by atoms with Crippen molar-refractivity contribution in [3.63, 3.8) is 0 Å². The fourth-order valence-corrected chi connectivity index (χ4v) is 6.17. The normalized spacial score (nSPS) is 28.8. The van der Waals surface area contributed by atoms with Gasteiger partial charge in [0.25, 0.3) is 10.0 Å². The lowest BCUT2D eigenvalue weighted by atomic mass is 9.85. The lowest BCUT2D eigenvalue weighted by Crippen LogP contribution is -2.32. The van der Waals surface area contributed by atoms with Crippen molar-refractivity contribution in [1.82, 2.24) is 4.98 Å². The van der Waals surface area contributed by atoms with Gasteiger partial charge in [-0.1, -0.05) is 12.2 Å². The Morgan fingerprint density at radius 3 is 2.22 bits per heavy atom. The number of hydrogen-bond acceptors (Lipinski definition) is 6. The summed E-state index contributed by atoms with van der Waals surface area (Å²) in [6.07, 6.45) is 6.47. The molecule has 1 aliphatic heterocycles. The number of aromatic nitrogens is 1. The zero-order valence-corrected chi connectivity index (χ0v) is 15.6. The van der Waals surface area contributed by atoms with E-state index < -0.39 is 10.0 Å². The first-order chi connectivity index (χ1) is 13.0. The number of benzene rings is 1. The number of thiazole rings is 1. The van der Waals surface area contributed by atoms with Gasteiger partial charge in [-0.15, -0.1) is 11.3 Å². The van der Waals surface area contributed by atoms with Crippen molar-refractivity contribution in [3.05, 3.63) is 48.0 Å². The maximum atomic E-state index is 12.8. The first kappa shape index (κ1) is 16.6. The molecule has 2 amide bonds. The van der Waals surface area contributed by atoms with Gasteiger partial charge in [-0.3, -0.25) is 19.2 Å². The number of amides is 2. The lowest BCUT2D eigenvalue weighted by Gasteiger charge is -2.17. The van der Waals surface area contributed by atoms with Gasteiger partial charge in [-0.05, 0) is 42.5 Å². The van der Waals surface area contributed by atoms with Crippen LogP contribution in [0.3, 0.4) is 0 Å². The van der Waals surface area contributed by atoms with Crippen LogP contribution in [0, 0.1) is 23.7 Å². The second-order valence-electron chi connectivity index (χ2n) is 6.95. The number of rotatable bonds is 4. The predicted molar refractivity (Wildman–Crippen MR) is 99.6 cm³/mol. The fourth-order valence-electron chi connectivity index (χ4n) is 4.38. The monoisotopic (exact) mass is 401 g/mol. The maximum Gasteiger partial charge on any atom is 0.263 e. The van der Waals surface area contributed by atoms with Gasteiger partial charge in [0.05, 0.1) is 22.4 Å². The Hall–Kier alpha value is -2.52. The van der Waals surface area contributed by atoms with Crippen LogP contribution in [0.25, 0.3) is 0 Å². The van der Waals surface area contributed by atoms with Crippen LogP contribution in [0.5, 0.6) is 0 Å². The quantitative estimate of drug-likeness (QED) is 0.626. The van der Waals surface area contributed by atoms with E-state index in [9.17, 15) is 18.0 Å². The highest BCUT2D eigenvalue weighted by atomic mass is 32.2. The van der Waals surface area contributed by atoms with Gasteiger partial charge >= 0.3 is 0 Å². The van der Waals surface area contributed by atoms with Crippen LogP contribution in [0.4, 0.5) is 10.8 Å². The lowest BCUT2D eigenvalue weighted by molar-refractivity contribution is -0.123. The Balaban J connectivity index is 1.41. The van der Waals surface area contributed by atoms with Crippen LogP contribution in [0.2, 0.25) is 0 Å². The van der Waals surface area contributed by atoms with Crippen LogP contribution < -0.4 is 9.62 Å². The first-order valence-corrected chi connectivity index (χ1v) is 10.9. The minimum absolute atomic E-state index is 0.0440. The number of imide groups is 1. The van der Waals surface area contributed by atoms with E-state index in [0.717, 1.165) is 6.42 Å². The van der Waals surface area contributed by atoms with Crippen molar-refractivity contribution in [2.24, 2.45) is 23.7 Å². The molecule has 0 unspecified atom stereocenters. The molecule has 0 spiro atoms. The van der Waals surface area contributed by atoms with Crippen LogP contribution in [0.15, 0.2) is 52.9 Å². The summed E-state index contributed by atoms with van der Waals surface area (Å²) in [4.78, 5) is 30.8. The van der Waals surface area contributed by atoms with Gasteiger partial charge in [-0.2, -0.15) is 0 Å². The van der Waals surface area contributed by atoms with Crippen molar-refractivity contribution in [2.75, 3.05) is 9.62 Å². The third-order valence-corrected chi connectivity index (χ3v) is 7.70. The highest BCUT2D eigenvalue weighted by molar-refractivity contribution is 7.93. The molecule has 2 aliphatic carbocycles. The van der Waals surface area contributed by atoms with Crippen LogP contribution in [-0.4, -0.2) is 25.2 Å². The summed E-state index contributed by atoms with van der Waals surface area (Å²) in [6, 6.07) is 5.80. The topological polar surface area (TPSA) is 96.4 Å². The molecule has 5 rings (SSSR count). The summed E-state index contributed by atoms with van der Waals surface area (Å²) in [5.74, 6) is -0.631. The molecule has 1 saturated heterocycles. The fraction of sp³-hybridized carbons (Fsp3) is 0.278. The largest absolute Gasteiger partial charge is 0.274 e. The summed E-state index contributed by atoms with van der Waals surface area (Å²) in [6.45, 7) is 0. The molecule has 2 heterocycles. The van der Waals surface area contributed by atoms with Crippen molar-refractivity contribution in [2.45, 2.75) is 11.3 Å². The van der Waals surface area contributed by atoms with E-state index in [-0.39, 0.29) is 45.5 Å². The summed E-state index contributed by atoms with van der Waals surface area (Å²) < 4.78 is 27.2. The molecule has 1 N–H and O–H groups in total. The molecule has 2 fully saturated rings. The molecule has 27 heavy (non-hydrogen) atoms. The minimum Gasteiger partial charge on any atom is -0.274 e. The molecule has 2 bridgehead atoms. The Morgan fingerprint density at radius 2 is 1.67 bits per heavy atom. The molecule has 1 saturated carbocycles. The van der Waals surface area contributed by atoms with Gasteiger partial charge in [0.2, 0.25) is 11.8 Å². The number of sulfonamides is 1. The van der Waals surface area contributed by atoms with Gasteiger partial charge in [0.1, 0.15) is 0 Å². The minimum atomic E-state index is -3.77. The van der Waals surface area contributed by atoms with E-state index in [4.69, 9.17) is 0 Å². The second-order valence-corrected chi connectivity index (χ2v) is 9.53. The van der Waals surface area contributed by atoms with Crippen molar-refractivity contribution < 1.29 is 18.0 Å². The molecule has 1 aromatic carbocycles. The van der Waals surface area contributed by atoms with Gasteiger partial charge in [-0.25, -0.2) is 13.4 Å². The number of allylic oxidation sites excluding steroid dienone is 2. The molecule has 7 nitrogen and oxygen atoms in total. The highest BCUT2D eigenvalue weighted by Gasteiger charge is 2.59. The van der Waals surface area contributed by atoms with Crippen LogP contribution in [-0.2, 0) is 19.6 Å². The number of carbonyl (C=O) groups is 2. The zero-order valence-electron chi connectivity index (χ0n) is 14.0. The van der Waals surface area contributed by atoms with E-state index in [1.54, 1.807) is 5.38 Å². The summed E-state index contributed by atoms with van der Waals surface area (Å²) in [7, 11) is -3.77. The molecule has 2 aromatic rings. The van der Waals surface area contributed by atoms with Gasteiger partial charge in [0, 0.05) is 11.6 Å². The summed E-state index contributed by atoms with van der Waals surface area (Å²) in [5, 5.41) is 1.95. The Labute approximate surface area is 159 Å². The Kier molecular flexibility index (Phi) is 3.54. The average Bonchev–Trinajstić information content (AvgIpc) is 3.41. The zero-order chi connectivity index (χ0) is 18.8. The van der Waals surface area contributed by atoms with Crippen molar-refractivity contribution >= 4 is 44.0 Å².